The zero-order valence-electron chi connectivity index (χ0n) is 12.8. The number of carbonyl (C=O) groups is 1. The Balaban J connectivity index is 2.85. The quantitative estimate of drug-likeness (QED) is 0.680. The van der Waals surface area contributed by atoms with Crippen LogP contribution in [0.15, 0.2) is 18.7 Å². The van der Waals surface area contributed by atoms with Crippen molar-refractivity contribution in [3.63, 3.8) is 0 Å². The van der Waals surface area contributed by atoms with Crippen molar-refractivity contribution in [2.75, 3.05) is 7.11 Å². The van der Waals surface area contributed by atoms with Crippen LogP contribution in [0.4, 0.5) is 0 Å². The van der Waals surface area contributed by atoms with Crippen LogP contribution in [0, 0.1) is 0 Å². The number of ether oxygens (including phenoxy) is 2. The second kappa shape index (κ2) is 5.28. The van der Waals surface area contributed by atoms with Crippen LogP contribution in [0.3, 0.4) is 0 Å². The fourth-order valence-electron chi connectivity index (χ4n) is 2.50. The monoisotopic (exact) mass is 288 g/mol. The summed E-state index contributed by atoms with van der Waals surface area (Å²) < 4.78 is 11.3. The van der Waals surface area contributed by atoms with Gasteiger partial charge in [0.25, 0.3) is 0 Å². The normalized spacial score (nSPS) is 15.0. The van der Waals surface area contributed by atoms with Gasteiger partial charge in [-0.2, -0.15) is 0 Å². The number of hydrogen-bond acceptors (Lipinski definition) is 4. The fourth-order valence-corrected chi connectivity index (χ4v) is 2.50. The zero-order chi connectivity index (χ0) is 15.8. The van der Waals surface area contributed by atoms with E-state index >= 15 is 0 Å². The minimum Gasteiger partial charge on any atom is -0.506 e. The van der Waals surface area contributed by atoms with Gasteiger partial charge in [-0.3, -0.25) is 4.79 Å². The van der Waals surface area contributed by atoms with Gasteiger partial charge in [-0.15, -0.1) is 6.58 Å². The van der Waals surface area contributed by atoms with Crippen LogP contribution in [-0.2, 0) is 6.42 Å². The molecule has 2 rings (SSSR count). The summed E-state index contributed by atoms with van der Waals surface area (Å²) in [6, 6.07) is 0. The number of Topliss-reactive ketones (excluding diaryl/α,β-unsaturated/α-hetero) is 1. The van der Waals surface area contributed by atoms with Crippen LogP contribution >= 0.6 is 0 Å². The minimum atomic E-state index is -0.488. The zero-order valence-corrected chi connectivity index (χ0v) is 12.8. The highest BCUT2D eigenvalue weighted by Gasteiger charge is 2.31. The fraction of sp³-hybridized carbons (Fsp3) is 0.353. The summed E-state index contributed by atoms with van der Waals surface area (Å²) in [4.78, 5) is 11.9. The first-order chi connectivity index (χ1) is 9.82. The van der Waals surface area contributed by atoms with Gasteiger partial charge in [0.1, 0.15) is 28.4 Å². The molecule has 0 spiro atoms. The van der Waals surface area contributed by atoms with Crippen molar-refractivity contribution < 1.29 is 19.4 Å². The largest absolute Gasteiger partial charge is 0.506 e. The molecule has 1 aromatic carbocycles. The highest BCUT2D eigenvalue weighted by atomic mass is 16.5. The molecule has 0 unspecified atom stereocenters. The van der Waals surface area contributed by atoms with Crippen LogP contribution in [-0.4, -0.2) is 23.6 Å². The Morgan fingerprint density at radius 3 is 2.71 bits per heavy atom. The van der Waals surface area contributed by atoms with Crippen molar-refractivity contribution in [2.45, 2.75) is 32.8 Å². The summed E-state index contributed by atoms with van der Waals surface area (Å²) in [6.07, 6.45) is 5.83. The molecule has 0 saturated carbocycles. The molecule has 1 heterocycles. The summed E-state index contributed by atoms with van der Waals surface area (Å²) >= 11 is 0. The van der Waals surface area contributed by atoms with E-state index in [9.17, 15) is 9.90 Å². The first-order valence-corrected chi connectivity index (χ1v) is 6.78. The average molecular weight is 288 g/mol. The Hall–Kier alpha value is -2.23. The van der Waals surface area contributed by atoms with Gasteiger partial charge in [0, 0.05) is 5.56 Å². The molecule has 4 nitrogen and oxygen atoms in total. The molecule has 0 radical (unpaired) electrons. The third kappa shape index (κ3) is 2.53. The predicted octanol–water partition coefficient (Wildman–Crippen LogP) is 3.52. The Morgan fingerprint density at radius 1 is 1.52 bits per heavy atom. The summed E-state index contributed by atoms with van der Waals surface area (Å²) in [7, 11) is 1.48. The number of carbonyl (C=O) groups excluding carboxylic acids is 1. The van der Waals surface area contributed by atoms with Crippen LogP contribution < -0.4 is 9.47 Å². The number of benzene rings is 1. The Labute approximate surface area is 124 Å². The molecule has 4 heteroatoms. The van der Waals surface area contributed by atoms with E-state index in [-0.39, 0.29) is 17.1 Å². The summed E-state index contributed by atoms with van der Waals surface area (Å²) in [5.74, 6) is 0.538. The highest BCUT2D eigenvalue weighted by Crippen LogP contribution is 2.47. The van der Waals surface area contributed by atoms with Gasteiger partial charge in [-0.25, -0.2) is 0 Å². The molecule has 1 aromatic rings. The average Bonchev–Trinajstić information content (AvgIpc) is 2.39. The minimum absolute atomic E-state index is 0.103. The topological polar surface area (TPSA) is 55.8 Å². The lowest BCUT2D eigenvalue weighted by atomic mass is 9.92. The van der Waals surface area contributed by atoms with Gasteiger partial charge < -0.3 is 14.6 Å². The number of phenolic OH excluding ortho intramolecular Hbond substituents is 1. The van der Waals surface area contributed by atoms with Crippen molar-refractivity contribution in [3.05, 3.63) is 35.4 Å². The molecule has 21 heavy (non-hydrogen) atoms. The molecule has 0 saturated heterocycles. The first kappa shape index (κ1) is 15.2. The van der Waals surface area contributed by atoms with E-state index in [4.69, 9.17) is 9.47 Å². The second-order valence-corrected chi connectivity index (χ2v) is 5.57. The lowest BCUT2D eigenvalue weighted by Gasteiger charge is -2.31. The predicted molar refractivity (Wildman–Crippen MR) is 82.3 cm³/mol. The molecule has 1 aliphatic rings. The van der Waals surface area contributed by atoms with E-state index in [1.165, 1.54) is 14.0 Å². The van der Waals surface area contributed by atoms with Crippen molar-refractivity contribution in [3.8, 4) is 17.2 Å². The van der Waals surface area contributed by atoms with Crippen molar-refractivity contribution >= 4 is 11.9 Å². The molecular formula is C17H20O4. The lowest BCUT2D eigenvalue weighted by molar-refractivity contribution is 0.101. The number of rotatable bonds is 4. The number of aromatic hydroxyl groups is 1. The van der Waals surface area contributed by atoms with Gasteiger partial charge in [0.2, 0.25) is 0 Å². The van der Waals surface area contributed by atoms with E-state index in [0.29, 0.717) is 23.5 Å². The molecule has 0 atom stereocenters. The molecular weight excluding hydrogens is 268 g/mol. The van der Waals surface area contributed by atoms with Crippen LogP contribution in [0.1, 0.15) is 42.3 Å². The second-order valence-electron chi connectivity index (χ2n) is 5.57. The summed E-state index contributed by atoms with van der Waals surface area (Å²) in [5, 5.41) is 10.4. The van der Waals surface area contributed by atoms with Gasteiger partial charge in [0.05, 0.1) is 12.7 Å². The van der Waals surface area contributed by atoms with E-state index in [0.717, 1.165) is 5.56 Å². The molecule has 0 fully saturated rings. The standard InChI is InChI=1S/C17H20O4/c1-6-7-12-15-11(8-9-17(3,4)21-15)14(19)13(10(2)18)16(12)20-5/h6,8-9,19H,1,7H2,2-5H3. The van der Waals surface area contributed by atoms with E-state index in [1.54, 1.807) is 12.2 Å². The SMILES string of the molecule is C=CCc1c2c(c(O)c(C(C)=O)c1OC)C=CC(C)(C)O2. The van der Waals surface area contributed by atoms with E-state index in [2.05, 4.69) is 6.58 Å². The summed E-state index contributed by atoms with van der Waals surface area (Å²) in [6.45, 7) is 8.99. The van der Waals surface area contributed by atoms with Gasteiger partial charge in [0.15, 0.2) is 5.78 Å². The Morgan fingerprint density at radius 2 is 2.19 bits per heavy atom. The number of ketones is 1. The number of allylic oxidation sites excluding steroid dienone is 1. The maximum atomic E-state index is 11.9. The third-order valence-corrected chi connectivity index (χ3v) is 3.43. The molecule has 0 aliphatic carbocycles. The van der Waals surface area contributed by atoms with Crippen molar-refractivity contribution in [1.82, 2.24) is 0 Å². The van der Waals surface area contributed by atoms with Crippen LogP contribution in [0.5, 0.6) is 17.2 Å². The van der Waals surface area contributed by atoms with Crippen molar-refractivity contribution in [1.29, 1.82) is 0 Å². The van der Waals surface area contributed by atoms with Crippen LogP contribution in [0.2, 0.25) is 0 Å². The first-order valence-electron chi connectivity index (χ1n) is 6.78. The van der Waals surface area contributed by atoms with Crippen molar-refractivity contribution in [2.24, 2.45) is 0 Å². The highest BCUT2D eigenvalue weighted by molar-refractivity contribution is 6.02. The molecule has 1 N–H and O–H groups in total. The maximum absolute atomic E-state index is 11.9. The van der Waals surface area contributed by atoms with E-state index in [1.807, 2.05) is 19.9 Å². The van der Waals surface area contributed by atoms with Crippen LogP contribution in [0.25, 0.3) is 6.08 Å². The van der Waals surface area contributed by atoms with E-state index < -0.39 is 5.60 Å². The molecule has 0 bridgehead atoms. The van der Waals surface area contributed by atoms with Gasteiger partial charge in [-0.05, 0) is 39.3 Å². The molecule has 0 amide bonds. The maximum Gasteiger partial charge on any atom is 0.167 e. The Bertz CT molecular complexity index is 639. The lowest BCUT2D eigenvalue weighted by Crippen LogP contribution is -2.28. The number of fused-ring (bicyclic) bond motifs is 1. The smallest absolute Gasteiger partial charge is 0.167 e. The van der Waals surface area contributed by atoms with Gasteiger partial charge in [-0.1, -0.05) is 6.08 Å². The molecule has 112 valence electrons. The van der Waals surface area contributed by atoms with Gasteiger partial charge >= 0.3 is 0 Å². The number of phenols is 1. The molecule has 0 aromatic heterocycles. The number of hydrogen-bond donors (Lipinski definition) is 1. The number of methoxy groups -OCH3 is 1. The third-order valence-electron chi connectivity index (χ3n) is 3.43. The Kier molecular flexibility index (Phi) is 3.81. The summed E-state index contributed by atoms with van der Waals surface area (Å²) in [5.41, 5.74) is 0.930. The molecule has 1 aliphatic heterocycles.